The highest BCUT2D eigenvalue weighted by Crippen LogP contribution is 2.32. The summed E-state index contributed by atoms with van der Waals surface area (Å²) < 4.78 is 38.3. The van der Waals surface area contributed by atoms with Gasteiger partial charge in [0.1, 0.15) is 5.82 Å². The molecule has 2 fully saturated rings. The van der Waals surface area contributed by atoms with Gasteiger partial charge in [-0.1, -0.05) is 40.2 Å². The van der Waals surface area contributed by atoms with Gasteiger partial charge in [-0.25, -0.2) is 4.39 Å². The lowest BCUT2D eigenvalue weighted by Gasteiger charge is -2.24. The fourth-order valence-corrected chi connectivity index (χ4v) is 6.64. The molecule has 2 atom stereocenters. The van der Waals surface area contributed by atoms with Crippen LogP contribution in [0.25, 0.3) is 0 Å². The fourth-order valence-electron chi connectivity index (χ4n) is 5.94. The molecule has 208 valence electrons. The third-order valence-electron chi connectivity index (χ3n) is 8.21. The SMILES string of the molecule is Brc1c(COC2CCCCO2)ccc2c1CCCC2.Fc1c(COC2CCCCO2)ccc2c1CCCC2. The van der Waals surface area contributed by atoms with Crippen molar-refractivity contribution in [2.75, 3.05) is 13.2 Å². The van der Waals surface area contributed by atoms with Gasteiger partial charge in [-0.2, -0.15) is 0 Å². The van der Waals surface area contributed by atoms with E-state index in [1.165, 1.54) is 71.7 Å². The van der Waals surface area contributed by atoms with Crippen LogP contribution in [0.2, 0.25) is 0 Å². The largest absolute Gasteiger partial charge is 0.353 e. The van der Waals surface area contributed by atoms with Crippen molar-refractivity contribution in [3.05, 3.63) is 67.9 Å². The summed E-state index contributed by atoms with van der Waals surface area (Å²) in [4.78, 5) is 0. The van der Waals surface area contributed by atoms with Crippen LogP contribution in [0, 0.1) is 5.82 Å². The topological polar surface area (TPSA) is 36.9 Å². The molecule has 2 aromatic carbocycles. The van der Waals surface area contributed by atoms with Gasteiger partial charge in [-0.05, 0) is 118 Å². The molecule has 2 saturated heterocycles. The minimum Gasteiger partial charge on any atom is -0.353 e. The number of ether oxygens (including phenoxy) is 4. The molecule has 0 aromatic heterocycles. The predicted molar refractivity (Wildman–Crippen MR) is 151 cm³/mol. The van der Waals surface area contributed by atoms with Crippen molar-refractivity contribution in [3.63, 3.8) is 0 Å². The highest BCUT2D eigenvalue weighted by molar-refractivity contribution is 9.10. The zero-order valence-corrected chi connectivity index (χ0v) is 24.2. The lowest BCUT2D eigenvalue weighted by molar-refractivity contribution is -0.169. The van der Waals surface area contributed by atoms with Crippen LogP contribution in [0.4, 0.5) is 4.39 Å². The lowest BCUT2D eigenvalue weighted by Crippen LogP contribution is -2.22. The van der Waals surface area contributed by atoms with Crippen LogP contribution in [0.3, 0.4) is 0 Å². The van der Waals surface area contributed by atoms with E-state index in [2.05, 4.69) is 34.1 Å². The Hall–Kier alpha value is -1.31. The molecule has 0 radical (unpaired) electrons. The van der Waals surface area contributed by atoms with Crippen LogP contribution in [0.15, 0.2) is 28.7 Å². The Morgan fingerprint density at radius 2 is 1.18 bits per heavy atom. The van der Waals surface area contributed by atoms with Crippen LogP contribution < -0.4 is 0 Å². The normalized spacial score (nSPS) is 23.1. The van der Waals surface area contributed by atoms with Crippen molar-refractivity contribution in [1.82, 2.24) is 0 Å². The first kappa shape index (κ1) is 28.2. The molecular weight excluding hydrogens is 547 g/mol. The van der Waals surface area contributed by atoms with Gasteiger partial charge in [0.15, 0.2) is 12.6 Å². The van der Waals surface area contributed by atoms with Crippen LogP contribution in [0.1, 0.15) is 97.6 Å². The summed E-state index contributed by atoms with van der Waals surface area (Å²) >= 11 is 3.77. The molecule has 2 aliphatic heterocycles. The van der Waals surface area contributed by atoms with Crippen LogP contribution >= 0.6 is 15.9 Å². The Morgan fingerprint density at radius 3 is 1.79 bits per heavy atom. The maximum atomic E-state index is 14.4. The molecule has 0 amide bonds. The standard InChI is InChI=1S/C16H21BrO2.C16H21FO2/c2*17-16-13(11-19-15-7-3-4-10-18-15)9-8-12-5-1-2-6-14(12)16/h2*8-9,15H,1-7,10-11H2. The van der Waals surface area contributed by atoms with Crippen molar-refractivity contribution < 1.29 is 23.3 Å². The Morgan fingerprint density at radius 1 is 0.658 bits per heavy atom. The van der Waals surface area contributed by atoms with Crippen molar-refractivity contribution in [2.24, 2.45) is 0 Å². The van der Waals surface area contributed by atoms with Gasteiger partial charge in [0, 0.05) is 23.2 Å². The number of aryl methyl sites for hydroxylation is 2. The maximum absolute atomic E-state index is 14.4. The molecule has 38 heavy (non-hydrogen) atoms. The van der Waals surface area contributed by atoms with E-state index >= 15 is 0 Å². The molecule has 0 bridgehead atoms. The van der Waals surface area contributed by atoms with Crippen molar-refractivity contribution in [1.29, 1.82) is 0 Å². The second kappa shape index (κ2) is 14.4. The number of fused-ring (bicyclic) bond motifs is 2. The molecule has 4 aliphatic rings. The Kier molecular flexibility index (Phi) is 10.7. The molecule has 6 heteroatoms. The molecule has 0 spiro atoms. The average molecular weight is 590 g/mol. The van der Waals surface area contributed by atoms with Gasteiger partial charge >= 0.3 is 0 Å². The monoisotopic (exact) mass is 588 g/mol. The summed E-state index contributed by atoms with van der Waals surface area (Å²) in [6, 6.07) is 8.43. The Bertz CT molecular complexity index is 963. The van der Waals surface area contributed by atoms with E-state index in [1.807, 2.05) is 6.07 Å². The highest BCUT2D eigenvalue weighted by Gasteiger charge is 2.20. The van der Waals surface area contributed by atoms with Crippen molar-refractivity contribution >= 4 is 15.9 Å². The van der Waals surface area contributed by atoms with Crippen LogP contribution in [0.5, 0.6) is 0 Å². The molecule has 2 heterocycles. The van der Waals surface area contributed by atoms with Gasteiger partial charge in [-0.15, -0.1) is 0 Å². The van der Waals surface area contributed by atoms with E-state index in [4.69, 9.17) is 18.9 Å². The fraction of sp³-hybridized carbons (Fsp3) is 0.625. The smallest absolute Gasteiger partial charge is 0.158 e. The molecule has 4 nitrogen and oxygen atoms in total. The number of rotatable bonds is 6. The van der Waals surface area contributed by atoms with Gasteiger partial charge in [0.25, 0.3) is 0 Å². The summed E-state index contributed by atoms with van der Waals surface area (Å²) in [5.74, 6) is -0.0481. The first-order chi connectivity index (χ1) is 18.7. The zero-order chi connectivity index (χ0) is 26.2. The second-order valence-corrected chi connectivity index (χ2v) is 11.8. The summed E-state index contributed by atoms with van der Waals surface area (Å²) in [7, 11) is 0. The number of hydrogen-bond donors (Lipinski definition) is 0. The van der Waals surface area contributed by atoms with E-state index in [0.29, 0.717) is 18.8 Å². The van der Waals surface area contributed by atoms with Crippen LogP contribution in [-0.2, 0) is 57.8 Å². The second-order valence-electron chi connectivity index (χ2n) is 11.0. The predicted octanol–water partition coefficient (Wildman–Crippen LogP) is 8.12. The summed E-state index contributed by atoms with van der Waals surface area (Å²) in [5, 5.41) is 0. The van der Waals surface area contributed by atoms with Crippen molar-refractivity contribution in [3.8, 4) is 0 Å². The Labute approximate surface area is 235 Å². The first-order valence-electron chi connectivity index (χ1n) is 14.7. The van der Waals surface area contributed by atoms with Gasteiger partial charge in [0.2, 0.25) is 0 Å². The van der Waals surface area contributed by atoms with E-state index in [0.717, 1.165) is 63.7 Å². The minimum atomic E-state index is -0.149. The quantitative estimate of drug-likeness (QED) is 0.341. The summed E-state index contributed by atoms with van der Waals surface area (Å²) in [6.45, 7) is 2.58. The summed E-state index contributed by atoms with van der Waals surface area (Å²) in [6.07, 6.45) is 15.6. The van der Waals surface area contributed by atoms with Crippen molar-refractivity contribution in [2.45, 2.75) is 116 Å². The number of halogens is 2. The third kappa shape index (κ3) is 7.45. The van der Waals surface area contributed by atoms with E-state index in [1.54, 1.807) is 0 Å². The summed E-state index contributed by atoms with van der Waals surface area (Å²) in [5.41, 5.74) is 7.04. The lowest BCUT2D eigenvalue weighted by atomic mass is 9.90. The third-order valence-corrected chi connectivity index (χ3v) is 9.20. The van der Waals surface area contributed by atoms with Gasteiger partial charge in [-0.3, -0.25) is 0 Å². The van der Waals surface area contributed by atoms with Gasteiger partial charge < -0.3 is 18.9 Å². The first-order valence-corrected chi connectivity index (χ1v) is 15.5. The molecule has 0 saturated carbocycles. The molecule has 0 N–H and O–H groups in total. The van der Waals surface area contributed by atoms with E-state index < -0.39 is 0 Å². The highest BCUT2D eigenvalue weighted by atomic mass is 79.9. The number of hydrogen-bond acceptors (Lipinski definition) is 4. The zero-order valence-electron chi connectivity index (χ0n) is 22.6. The minimum absolute atomic E-state index is 0.00307. The van der Waals surface area contributed by atoms with Crippen LogP contribution in [-0.4, -0.2) is 25.8 Å². The molecule has 6 rings (SSSR count). The molecule has 2 aliphatic carbocycles. The molecular formula is C32H42BrFO4. The average Bonchev–Trinajstić information content (AvgIpc) is 2.98. The Balaban J connectivity index is 0.000000155. The number of benzene rings is 2. The molecule has 2 unspecified atom stereocenters. The van der Waals surface area contributed by atoms with E-state index in [9.17, 15) is 4.39 Å². The maximum Gasteiger partial charge on any atom is 0.158 e. The van der Waals surface area contributed by atoms with Gasteiger partial charge in [0.05, 0.1) is 13.2 Å². The molecule has 2 aromatic rings. The van der Waals surface area contributed by atoms with E-state index in [-0.39, 0.29) is 18.4 Å².